The molecule has 1 fully saturated rings. The SMILES string of the molecule is COc1ccc(/C(O)=C2\C(=O)C(=O)N(c3ccc(F)cc3)C2c2ccc(F)cc2)cc1. The van der Waals surface area contributed by atoms with Crippen molar-refractivity contribution in [1.29, 1.82) is 0 Å². The molecule has 1 amide bonds. The van der Waals surface area contributed by atoms with Gasteiger partial charge in [0.2, 0.25) is 0 Å². The van der Waals surface area contributed by atoms with E-state index in [1.54, 1.807) is 24.3 Å². The Morgan fingerprint density at radius 3 is 1.97 bits per heavy atom. The van der Waals surface area contributed by atoms with Gasteiger partial charge in [-0.3, -0.25) is 14.5 Å². The number of amides is 1. The van der Waals surface area contributed by atoms with Crippen molar-refractivity contribution < 1.29 is 28.2 Å². The average molecular weight is 421 g/mol. The van der Waals surface area contributed by atoms with Gasteiger partial charge in [-0.05, 0) is 66.2 Å². The number of carbonyl (C=O) groups is 2. The van der Waals surface area contributed by atoms with E-state index in [0.29, 0.717) is 16.9 Å². The Morgan fingerprint density at radius 2 is 1.42 bits per heavy atom. The number of Topliss-reactive ketones (excluding diaryl/α,β-unsaturated/α-hetero) is 1. The van der Waals surface area contributed by atoms with E-state index in [0.717, 1.165) is 0 Å². The number of ether oxygens (including phenoxy) is 1. The number of rotatable bonds is 4. The molecule has 5 nitrogen and oxygen atoms in total. The summed E-state index contributed by atoms with van der Waals surface area (Å²) in [5, 5.41) is 11.0. The van der Waals surface area contributed by atoms with Crippen LogP contribution in [0.4, 0.5) is 14.5 Å². The third kappa shape index (κ3) is 3.66. The molecular formula is C24H17F2NO4. The Kier molecular flexibility index (Phi) is 5.25. The van der Waals surface area contributed by atoms with Crippen molar-refractivity contribution in [3.05, 3.63) is 101 Å². The Labute approximate surface area is 176 Å². The van der Waals surface area contributed by atoms with Crippen LogP contribution in [0.5, 0.6) is 5.75 Å². The molecule has 31 heavy (non-hydrogen) atoms. The Hall–Kier alpha value is -4.00. The smallest absolute Gasteiger partial charge is 0.300 e. The van der Waals surface area contributed by atoms with Crippen LogP contribution in [-0.2, 0) is 9.59 Å². The molecule has 1 aliphatic heterocycles. The van der Waals surface area contributed by atoms with Crippen molar-refractivity contribution >= 4 is 23.1 Å². The largest absolute Gasteiger partial charge is 0.507 e. The maximum Gasteiger partial charge on any atom is 0.300 e. The molecule has 0 aliphatic carbocycles. The molecule has 4 rings (SSSR count). The highest BCUT2D eigenvalue weighted by Crippen LogP contribution is 2.42. The number of methoxy groups -OCH3 is 1. The van der Waals surface area contributed by atoms with E-state index in [-0.39, 0.29) is 17.0 Å². The molecule has 1 unspecified atom stereocenters. The highest BCUT2D eigenvalue weighted by atomic mass is 19.1. The molecule has 0 saturated carbocycles. The van der Waals surface area contributed by atoms with Gasteiger partial charge in [0, 0.05) is 11.3 Å². The van der Waals surface area contributed by atoms with Crippen molar-refractivity contribution in [2.45, 2.75) is 6.04 Å². The lowest BCUT2D eigenvalue weighted by molar-refractivity contribution is -0.132. The van der Waals surface area contributed by atoms with Gasteiger partial charge < -0.3 is 9.84 Å². The van der Waals surface area contributed by atoms with Crippen LogP contribution in [0.3, 0.4) is 0 Å². The Morgan fingerprint density at radius 1 is 0.871 bits per heavy atom. The summed E-state index contributed by atoms with van der Waals surface area (Å²) < 4.78 is 32.1. The van der Waals surface area contributed by atoms with Gasteiger partial charge in [0.25, 0.3) is 11.7 Å². The van der Waals surface area contributed by atoms with Gasteiger partial charge in [0.15, 0.2) is 0 Å². The quantitative estimate of drug-likeness (QED) is 0.380. The monoisotopic (exact) mass is 421 g/mol. The maximum atomic E-state index is 13.5. The molecule has 1 atom stereocenters. The molecule has 0 radical (unpaired) electrons. The highest BCUT2D eigenvalue weighted by Gasteiger charge is 2.46. The van der Waals surface area contributed by atoms with E-state index in [2.05, 4.69) is 0 Å². The highest BCUT2D eigenvalue weighted by molar-refractivity contribution is 6.51. The summed E-state index contributed by atoms with van der Waals surface area (Å²) >= 11 is 0. The molecule has 1 N–H and O–H groups in total. The number of hydrogen-bond donors (Lipinski definition) is 1. The van der Waals surface area contributed by atoms with Crippen molar-refractivity contribution in [1.82, 2.24) is 0 Å². The van der Waals surface area contributed by atoms with Crippen LogP contribution in [0.2, 0.25) is 0 Å². The molecular weight excluding hydrogens is 404 g/mol. The third-order valence-corrected chi connectivity index (χ3v) is 5.10. The van der Waals surface area contributed by atoms with Crippen LogP contribution in [0.25, 0.3) is 5.76 Å². The molecule has 1 heterocycles. The van der Waals surface area contributed by atoms with E-state index < -0.39 is 29.4 Å². The number of anilines is 1. The standard InChI is InChI=1S/C24H17F2NO4/c1-31-19-12-4-15(5-13-19)22(28)20-21(14-2-6-16(25)7-3-14)27(24(30)23(20)29)18-10-8-17(26)9-11-18/h2-13,21,28H,1H3/b22-20+. The fourth-order valence-electron chi connectivity index (χ4n) is 3.57. The van der Waals surface area contributed by atoms with Crippen molar-refractivity contribution in [3.63, 3.8) is 0 Å². The number of nitrogens with zero attached hydrogens (tertiary/aromatic N) is 1. The second-order valence-corrected chi connectivity index (χ2v) is 6.93. The molecule has 3 aromatic carbocycles. The lowest BCUT2D eigenvalue weighted by Crippen LogP contribution is -2.29. The number of carbonyl (C=O) groups excluding carboxylic acids is 2. The average Bonchev–Trinajstić information content (AvgIpc) is 3.05. The molecule has 0 spiro atoms. The fraction of sp³-hybridized carbons (Fsp3) is 0.0833. The minimum absolute atomic E-state index is 0.147. The zero-order valence-corrected chi connectivity index (χ0v) is 16.4. The summed E-state index contributed by atoms with van der Waals surface area (Å²) in [5.74, 6) is -2.59. The molecule has 1 saturated heterocycles. The minimum atomic E-state index is -1.02. The van der Waals surface area contributed by atoms with Gasteiger partial charge >= 0.3 is 0 Å². The summed E-state index contributed by atoms with van der Waals surface area (Å²) in [6.07, 6.45) is 0. The van der Waals surface area contributed by atoms with Gasteiger partial charge in [0.1, 0.15) is 23.1 Å². The van der Waals surface area contributed by atoms with Crippen LogP contribution in [0.15, 0.2) is 78.4 Å². The van der Waals surface area contributed by atoms with Crippen LogP contribution in [0, 0.1) is 11.6 Å². The molecule has 0 bridgehead atoms. The van der Waals surface area contributed by atoms with E-state index in [1.807, 2.05) is 0 Å². The van der Waals surface area contributed by atoms with Gasteiger partial charge in [-0.25, -0.2) is 8.78 Å². The molecule has 1 aliphatic rings. The second kappa shape index (κ2) is 8.02. The predicted octanol–water partition coefficient (Wildman–Crippen LogP) is 4.60. The minimum Gasteiger partial charge on any atom is -0.507 e. The van der Waals surface area contributed by atoms with Crippen LogP contribution in [0.1, 0.15) is 17.2 Å². The maximum absolute atomic E-state index is 13.5. The van der Waals surface area contributed by atoms with Crippen molar-refractivity contribution in [2.24, 2.45) is 0 Å². The number of hydrogen-bond acceptors (Lipinski definition) is 4. The molecule has 0 aromatic heterocycles. The lowest BCUT2D eigenvalue weighted by Gasteiger charge is -2.25. The van der Waals surface area contributed by atoms with Gasteiger partial charge in [-0.15, -0.1) is 0 Å². The number of aliphatic hydroxyl groups is 1. The lowest BCUT2D eigenvalue weighted by atomic mass is 9.95. The second-order valence-electron chi connectivity index (χ2n) is 6.93. The summed E-state index contributed by atoms with van der Waals surface area (Å²) in [5.41, 5.74) is 0.850. The third-order valence-electron chi connectivity index (χ3n) is 5.10. The Balaban J connectivity index is 1.91. The van der Waals surface area contributed by atoms with Crippen LogP contribution >= 0.6 is 0 Å². The zero-order valence-electron chi connectivity index (χ0n) is 16.4. The normalized spacial score (nSPS) is 17.8. The van der Waals surface area contributed by atoms with E-state index in [9.17, 15) is 23.5 Å². The molecule has 3 aromatic rings. The number of halogens is 2. The molecule has 156 valence electrons. The van der Waals surface area contributed by atoms with E-state index in [4.69, 9.17) is 4.74 Å². The molecule has 7 heteroatoms. The topological polar surface area (TPSA) is 66.8 Å². The Bertz CT molecular complexity index is 1170. The zero-order chi connectivity index (χ0) is 22.1. The first kappa shape index (κ1) is 20.3. The summed E-state index contributed by atoms with van der Waals surface area (Å²) in [6.45, 7) is 0. The first-order chi connectivity index (χ1) is 14.9. The number of aliphatic hydroxyl groups excluding tert-OH is 1. The summed E-state index contributed by atoms with van der Waals surface area (Å²) in [4.78, 5) is 27.1. The summed E-state index contributed by atoms with van der Waals surface area (Å²) in [7, 11) is 1.50. The van der Waals surface area contributed by atoms with Crippen molar-refractivity contribution in [3.8, 4) is 5.75 Å². The summed E-state index contributed by atoms with van der Waals surface area (Å²) in [6, 6.07) is 15.6. The number of ketones is 1. The van der Waals surface area contributed by atoms with Crippen LogP contribution < -0.4 is 9.64 Å². The first-order valence-corrected chi connectivity index (χ1v) is 9.37. The van der Waals surface area contributed by atoms with Crippen molar-refractivity contribution in [2.75, 3.05) is 12.0 Å². The van der Waals surface area contributed by atoms with Gasteiger partial charge in [-0.1, -0.05) is 12.1 Å². The van der Waals surface area contributed by atoms with E-state index >= 15 is 0 Å². The fourth-order valence-corrected chi connectivity index (χ4v) is 3.57. The number of benzene rings is 3. The van der Waals surface area contributed by atoms with Gasteiger partial charge in [0.05, 0.1) is 18.7 Å². The predicted molar refractivity (Wildman–Crippen MR) is 111 cm³/mol. The van der Waals surface area contributed by atoms with E-state index in [1.165, 1.54) is 60.5 Å². The first-order valence-electron chi connectivity index (χ1n) is 9.37. The van der Waals surface area contributed by atoms with Gasteiger partial charge in [-0.2, -0.15) is 0 Å². The van der Waals surface area contributed by atoms with Crippen LogP contribution in [-0.4, -0.2) is 23.9 Å².